The van der Waals surface area contributed by atoms with Crippen LogP contribution in [0.5, 0.6) is 0 Å². The van der Waals surface area contributed by atoms with Crippen LogP contribution in [-0.4, -0.2) is 41.2 Å². The topological polar surface area (TPSA) is 102 Å². The van der Waals surface area contributed by atoms with Gasteiger partial charge < -0.3 is 19.6 Å². The van der Waals surface area contributed by atoms with Gasteiger partial charge in [-0.2, -0.15) is 0 Å². The summed E-state index contributed by atoms with van der Waals surface area (Å²) < 4.78 is 10.5. The first-order valence-corrected chi connectivity index (χ1v) is 7.64. The minimum Gasteiger partial charge on any atom is -0.480 e. The van der Waals surface area contributed by atoms with Crippen molar-refractivity contribution < 1.29 is 23.8 Å². The van der Waals surface area contributed by atoms with E-state index in [2.05, 4.69) is 16.9 Å². The van der Waals surface area contributed by atoms with Crippen LogP contribution in [0, 0.1) is 6.92 Å². The standard InChI is InChI=1S/C15H16N2O5S/c1-3-6-21-7-10(15(19)20)16-13(18)11-8-23-14(17-11)12-5-4-9(2)22-12/h3-5,8,10H,1,6-7H2,2H3,(H,16,18)(H,19,20). The SMILES string of the molecule is C=CCOCC(NC(=O)c1csc(-c2ccc(C)o2)n1)C(=O)O. The van der Waals surface area contributed by atoms with E-state index in [1.54, 1.807) is 17.5 Å². The summed E-state index contributed by atoms with van der Waals surface area (Å²) in [6.07, 6.45) is 1.50. The van der Waals surface area contributed by atoms with Crippen molar-refractivity contribution in [3.63, 3.8) is 0 Å². The Morgan fingerprint density at radius 2 is 2.35 bits per heavy atom. The third-order valence-corrected chi connectivity index (χ3v) is 3.67. The number of ether oxygens (including phenoxy) is 1. The minimum absolute atomic E-state index is 0.133. The Morgan fingerprint density at radius 1 is 1.57 bits per heavy atom. The van der Waals surface area contributed by atoms with E-state index >= 15 is 0 Å². The predicted octanol–water partition coefficient (Wildman–Crippen LogP) is 2.10. The van der Waals surface area contributed by atoms with Gasteiger partial charge in [0.25, 0.3) is 5.91 Å². The zero-order chi connectivity index (χ0) is 16.8. The lowest BCUT2D eigenvalue weighted by molar-refractivity contribution is -0.140. The van der Waals surface area contributed by atoms with E-state index < -0.39 is 17.9 Å². The largest absolute Gasteiger partial charge is 0.480 e. The zero-order valence-electron chi connectivity index (χ0n) is 12.4. The van der Waals surface area contributed by atoms with Gasteiger partial charge in [0.1, 0.15) is 11.5 Å². The summed E-state index contributed by atoms with van der Waals surface area (Å²) in [6, 6.07) is 2.41. The van der Waals surface area contributed by atoms with Crippen molar-refractivity contribution >= 4 is 23.2 Å². The number of aliphatic carboxylic acids is 1. The van der Waals surface area contributed by atoms with E-state index in [1.807, 2.05) is 6.92 Å². The van der Waals surface area contributed by atoms with Crippen LogP contribution in [0.2, 0.25) is 0 Å². The number of carboxylic acid groups (broad SMARTS) is 1. The number of thiazole rings is 1. The molecule has 0 fully saturated rings. The lowest BCUT2D eigenvalue weighted by Gasteiger charge is -2.13. The fraction of sp³-hybridized carbons (Fsp3) is 0.267. The number of aromatic nitrogens is 1. The molecule has 1 atom stereocenters. The summed E-state index contributed by atoms with van der Waals surface area (Å²) in [5, 5.41) is 13.6. The summed E-state index contributed by atoms with van der Waals surface area (Å²) in [4.78, 5) is 27.4. The summed E-state index contributed by atoms with van der Waals surface area (Å²) in [5.74, 6) is -0.452. The van der Waals surface area contributed by atoms with Crippen molar-refractivity contribution in [2.75, 3.05) is 13.2 Å². The smallest absolute Gasteiger partial charge is 0.328 e. The lowest BCUT2D eigenvalue weighted by atomic mass is 10.3. The Bertz CT molecular complexity index is 706. The van der Waals surface area contributed by atoms with Crippen LogP contribution < -0.4 is 5.32 Å². The molecule has 122 valence electrons. The van der Waals surface area contributed by atoms with Crippen LogP contribution in [0.15, 0.2) is 34.6 Å². The summed E-state index contributed by atoms with van der Waals surface area (Å²) in [7, 11) is 0. The number of carbonyl (C=O) groups is 2. The molecule has 2 aromatic heterocycles. The Balaban J connectivity index is 2.03. The number of rotatable bonds is 8. The average molecular weight is 336 g/mol. The number of amides is 1. The van der Waals surface area contributed by atoms with Crippen molar-refractivity contribution in [3.05, 3.63) is 41.6 Å². The molecule has 0 radical (unpaired) electrons. The number of hydrogen-bond acceptors (Lipinski definition) is 6. The van der Waals surface area contributed by atoms with Gasteiger partial charge in [0, 0.05) is 5.38 Å². The number of furan rings is 1. The molecule has 8 heteroatoms. The monoisotopic (exact) mass is 336 g/mol. The van der Waals surface area contributed by atoms with Gasteiger partial charge in [-0.05, 0) is 19.1 Å². The first-order valence-electron chi connectivity index (χ1n) is 6.76. The minimum atomic E-state index is -1.18. The van der Waals surface area contributed by atoms with E-state index in [0.29, 0.717) is 10.8 Å². The van der Waals surface area contributed by atoms with Crippen molar-refractivity contribution in [1.29, 1.82) is 0 Å². The molecule has 1 amide bonds. The van der Waals surface area contributed by atoms with Crippen LogP contribution in [0.3, 0.4) is 0 Å². The van der Waals surface area contributed by atoms with Crippen LogP contribution in [0.4, 0.5) is 0 Å². The van der Waals surface area contributed by atoms with Gasteiger partial charge in [0.15, 0.2) is 16.8 Å². The molecule has 0 spiro atoms. The van der Waals surface area contributed by atoms with Gasteiger partial charge in [0.05, 0.1) is 13.2 Å². The average Bonchev–Trinajstić information content (AvgIpc) is 3.14. The highest BCUT2D eigenvalue weighted by atomic mass is 32.1. The fourth-order valence-electron chi connectivity index (χ4n) is 1.72. The maximum absolute atomic E-state index is 12.1. The summed E-state index contributed by atoms with van der Waals surface area (Å²) >= 11 is 1.24. The Morgan fingerprint density at radius 3 is 2.96 bits per heavy atom. The molecule has 0 aliphatic rings. The number of carboxylic acids is 1. The van der Waals surface area contributed by atoms with Gasteiger partial charge >= 0.3 is 5.97 Å². The summed E-state index contributed by atoms with van der Waals surface area (Å²) in [5.41, 5.74) is 0.133. The second kappa shape index (κ2) is 7.70. The van der Waals surface area contributed by atoms with E-state index in [9.17, 15) is 9.59 Å². The van der Waals surface area contributed by atoms with Crippen molar-refractivity contribution in [1.82, 2.24) is 10.3 Å². The van der Waals surface area contributed by atoms with Crippen molar-refractivity contribution in [2.45, 2.75) is 13.0 Å². The zero-order valence-corrected chi connectivity index (χ0v) is 13.3. The lowest BCUT2D eigenvalue weighted by Crippen LogP contribution is -2.44. The predicted molar refractivity (Wildman–Crippen MR) is 84.5 cm³/mol. The maximum Gasteiger partial charge on any atom is 0.328 e. The Kier molecular flexibility index (Phi) is 5.67. The number of aryl methyl sites for hydroxylation is 1. The fourth-order valence-corrected chi connectivity index (χ4v) is 2.48. The van der Waals surface area contributed by atoms with E-state index in [4.69, 9.17) is 14.3 Å². The van der Waals surface area contributed by atoms with E-state index in [1.165, 1.54) is 17.4 Å². The Hall–Kier alpha value is -2.45. The highest BCUT2D eigenvalue weighted by Gasteiger charge is 2.22. The van der Waals surface area contributed by atoms with Gasteiger partial charge in [-0.1, -0.05) is 6.08 Å². The molecule has 2 N–H and O–H groups in total. The molecule has 1 unspecified atom stereocenters. The Labute approximate surface area is 136 Å². The van der Waals surface area contributed by atoms with Gasteiger partial charge in [-0.3, -0.25) is 4.79 Å². The molecule has 2 heterocycles. The van der Waals surface area contributed by atoms with Crippen molar-refractivity contribution in [3.8, 4) is 10.8 Å². The number of hydrogen-bond donors (Lipinski definition) is 2. The molecule has 0 aliphatic carbocycles. The van der Waals surface area contributed by atoms with Crippen molar-refractivity contribution in [2.24, 2.45) is 0 Å². The molecule has 2 aromatic rings. The second-order valence-corrected chi connectivity index (χ2v) is 5.50. The third kappa shape index (κ3) is 4.51. The van der Waals surface area contributed by atoms with Gasteiger partial charge in [-0.25, -0.2) is 9.78 Å². The van der Waals surface area contributed by atoms with Crippen LogP contribution >= 0.6 is 11.3 Å². The molecular formula is C15H16N2O5S. The quantitative estimate of drug-likeness (QED) is 0.565. The van der Waals surface area contributed by atoms with Gasteiger partial charge in [-0.15, -0.1) is 17.9 Å². The number of nitrogens with one attached hydrogen (secondary N) is 1. The summed E-state index contributed by atoms with van der Waals surface area (Å²) in [6.45, 7) is 5.33. The second-order valence-electron chi connectivity index (χ2n) is 4.64. The molecular weight excluding hydrogens is 320 g/mol. The molecule has 0 aromatic carbocycles. The molecule has 7 nitrogen and oxygen atoms in total. The third-order valence-electron chi connectivity index (χ3n) is 2.81. The van der Waals surface area contributed by atoms with E-state index in [-0.39, 0.29) is 18.9 Å². The number of carbonyl (C=O) groups excluding carboxylic acids is 1. The molecule has 2 rings (SSSR count). The highest BCUT2D eigenvalue weighted by molar-refractivity contribution is 7.13. The van der Waals surface area contributed by atoms with Crippen LogP contribution in [-0.2, 0) is 9.53 Å². The molecule has 0 aliphatic heterocycles. The first-order chi connectivity index (χ1) is 11.0. The normalized spacial score (nSPS) is 11.9. The number of nitrogens with zero attached hydrogens (tertiary/aromatic N) is 1. The highest BCUT2D eigenvalue weighted by Crippen LogP contribution is 2.25. The van der Waals surface area contributed by atoms with E-state index in [0.717, 1.165) is 5.76 Å². The molecule has 0 saturated carbocycles. The maximum atomic E-state index is 12.1. The van der Waals surface area contributed by atoms with Crippen LogP contribution in [0.25, 0.3) is 10.8 Å². The first kappa shape index (κ1) is 16.9. The molecule has 0 saturated heterocycles. The van der Waals surface area contributed by atoms with Gasteiger partial charge in [0.2, 0.25) is 0 Å². The van der Waals surface area contributed by atoms with Crippen LogP contribution in [0.1, 0.15) is 16.2 Å². The molecule has 0 bridgehead atoms. The molecule has 23 heavy (non-hydrogen) atoms.